The van der Waals surface area contributed by atoms with Crippen LogP contribution in [0.15, 0.2) is 10.6 Å². The van der Waals surface area contributed by atoms with Crippen LogP contribution in [-0.4, -0.2) is 17.4 Å². The number of aliphatic hydroxyl groups is 1. The van der Waals surface area contributed by atoms with Crippen molar-refractivity contribution >= 4 is 15.9 Å². The van der Waals surface area contributed by atoms with E-state index in [0.29, 0.717) is 12.8 Å². The van der Waals surface area contributed by atoms with Crippen LogP contribution in [0.25, 0.3) is 0 Å². The molecule has 1 nitrogen and oxygen atoms in total. The first kappa shape index (κ1) is 7.22. The Morgan fingerprint density at radius 3 is 2.89 bits per heavy atom. The van der Waals surface area contributed by atoms with Gasteiger partial charge in [-0.2, -0.15) is 0 Å². The first-order valence-corrected chi connectivity index (χ1v) is 3.66. The maximum atomic E-state index is 12.5. The first-order valence-electron chi connectivity index (χ1n) is 2.87. The van der Waals surface area contributed by atoms with Crippen LogP contribution in [-0.2, 0) is 0 Å². The minimum absolute atomic E-state index is 0.321. The van der Waals surface area contributed by atoms with Crippen molar-refractivity contribution in [3.8, 4) is 0 Å². The second-order valence-electron chi connectivity index (χ2n) is 2.17. The van der Waals surface area contributed by atoms with Crippen LogP contribution in [0, 0.1) is 0 Å². The highest BCUT2D eigenvalue weighted by molar-refractivity contribution is 9.11. The largest absolute Gasteiger partial charge is 0.390 e. The van der Waals surface area contributed by atoms with Crippen molar-refractivity contribution in [1.29, 1.82) is 0 Å². The normalized spacial score (nSPS) is 36.1. The lowest BCUT2D eigenvalue weighted by molar-refractivity contribution is 0.0761. The molecule has 0 aromatic rings. The predicted octanol–water partition coefficient (Wildman–Crippen LogP) is 1.76. The summed E-state index contributed by atoms with van der Waals surface area (Å²) in [6, 6.07) is 0. The summed E-state index contributed by atoms with van der Waals surface area (Å²) in [6.07, 6.45) is 0.694. The van der Waals surface area contributed by atoms with E-state index in [0.717, 1.165) is 4.48 Å². The average Bonchev–Trinajstić information content (AvgIpc) is 1.80. The molecule has 1 N–H and O–H groups in total. The molecule has 1 rings (SSSR count). The van der Waals surface area contributed by atoms with Crippen LogP contribution < -0.4 is 0 Å². The summed E-state index contributed by atoms with van der Waals surface area (Å²) in [4.78, 5) is 0. The molecule has 3 heteroatoms. The third-order valence-corrected chi connectivity index (χ3v) is 2.04. The number of hydrogen-bond donors (Lipinski definition) is 1. The lowest BCUT2D eigenvalue weighted by Crippen LogP contribution is -2.23. The molecule has 0 aliphatic heterocycles. The van der Waals surface area contributed by atoms with Gasteiger partial charge in [-0.25, -0.2) is 4.39 Å². The molecule has 0 saturated carbocycles. The molecule has 52 valence electrons. The van der Waals surface area contributed by atoms with E-state index in [1.54, 1.807) is 6.08 Å². The predicted molar refractivity (Wildman–Crippen MR) is 37.1 cm³/mol. The zero-order valence-electron chi connectivity index (χ0n) is 4.85. The fourth-order valence-electron chi connectivity index (χ4n) is 0.802. The fourth-order valence-corrected chi connectivity index (χ4v) is 1.30. The molecule has 1 aliphatic carbocycles. The van der Waals surface area contributed by atoms with Crippen molar-refractivity contribution in [3.63, 3.8) is 0 Å². The van der Waals surface area contributed by atoms with Gasteiger partial charge in [0.15, 0.2) is 0 Å². The second-order valence-corrected chi connectivity index (χ2v) is 3.19. The van der Waals surface area contributed by atoms with E-state index in [9.17, 15) is 4.39 Å². The Balaban J connectivity index is 2.54. The standard InChI is InChI=1S/C6H8BrFO/c7-4-1-2-6(9)5(8)3-4/h1,5-6,9H,2-3H2. The van der Waals surface area contributed by atoms with Crippen LogP contribution in [0.3, 0.4) is 0 Å². The number of alkyl halides is 1. The van der Waals surface area contributed by atoms with Gasteiger partial charge >= 0.3 is 0 Å². The van der Waals surface area contributed by atoms with Gasteiger partial charge in [0, 0.05) is 6.42 Å². The van der Waals surface area contributed by atoms with Crippen LogP contribution in [0.1, 0.15) is 12.8 Å². The van der Waals surface area contributed by atoms with E-state index in [-0.39, 0.29) is 0 Å². The van der Waals surface area contributed by atoms with Gasteiger partial charge in [-0.05, 0) is 10.9 Å². The Morgan fingerprint density at radius 2 is 2.44 bits per heavy atom. The molecule has 0 bridgehead atoms. The molecule has 0 aromatic heterocycles. The van der Waals surface area contributed by atoms with Gasteiger partial charge in [0.1, 0.15) is 6.17 Å². The van der Waals surface area contributed by atoms with Crippen molar-refractivity contribution in [1.82, 2.24) is 0 Å². The molecule has 0 saturated heterocycles. The summed E-state index contributed by atoms with van der Waals surface area (Å²) < 4.78 is 13.4. The van der Waals surface area contributed by atoms with Crippen molar-refractivity contribution in [2.45, 2.75) is 25.1 Å². The van der Waals surface area contributed by atoms with Gasteiger partial charge in [-0.15, -0.1) is 0 Å². The van der Waals surface area contributed by atoms with E-state index in [2.05, 4.69) is 15.9 Å². The van der Waals surface area contributed by atoms with Crippen molar-refractivity contribution in [2.75, 3.05) is 0 Å². The summed E-state index contributed by atoms with van der Waals surface area (Å²) in [6.45, 7) is 0. The van der Waals surface area contributed by atoms with E-state index in [1.165, 1.54) is 0 Å². The molecular weight excluding hydrogens is 187 g/mol. The molecule has 2 atom stereocenters. The van der Waals surface area contributed by atoms with E-state index in [1.807, 2.05) is 0 Å². The number of aliphatic hydroxyl groups excluding tert-OH is 1. The molecule has 0 spiro atoms. The highest BCUT2D eigenvalue weighted by Crippen LogP contribution is 2.24. The molecule has 0 aromatic carbocycles. The zero-order valence-corrected chi connectivity index (χ0v) is 6.44. The highest BCUT2D eigenvalue weighted by atomic mass is 79.9. The summed E-state index contributed by atoms with van der Waals surface area (Å²) in [7, 11) is 0. The average molecular weight is 195 g/mol. The van der Waals surface area contributed by atoms with E-state index < -0.39 is 12.3 Å². The zero-order chi connectivity index (χ0) is 6.85. The van der Waals surface area contributed by atoms with Crippen molar-refractivity contribution in [3.05, 3.63) is 10.6 Å². The minimum atomic E-state index is -1.08. The summed E-state index contributed by atoms with van der Waals surface area (Å²) in [5.74, 6) is 0. The van der Waals surface area contributed by atoms with Gasteiger partial charge in [0.05, 0.1) is 6.10 Å². The molecule has 0 heterocycles. The van der Waals surface area contributed by atoms with Crippen LogP contribution in [0.2, 0.25) is 0 Å². The third-order valence-electron chi connectivity index (χ3n) is 1.39. The highest BCUT2D eigenvalue weighted by Gasteiger charge is 2.21. The molecule has 1 aliphatic rings. The third kappa shape index (κ3) is 1.76. The lowest BCUT2D eigenvalue weighted by Gasteiger charge is -2.18. The Hall–Kier alpha value is 0.110. The molecule has 0 radical (unpaired) electrons. The van der Waals surface area contributed by atoms with Crippen molar-refractivity contribution in [2.24, 2.45) is 0 Å². The monoisotopic (exact) mass is 194 g/mol. The van der Waals surface area contributed by atoms with Crippen LogP contribution >= 0.6 is 15.9 Å². The number of halogens is 2. The van der Waals surface area contributed by atoms with Gasteiger partial charge in [0.25, 0.3) is 0 Å². The topological polar surface area (TPSA) is 20.2 Å². The second kappa shape index (κ2) is 2.80. The molecule has 0 amide bonds. The van der Waals surface area contributed by atoms with Gasteiger partial charge < -0.3 is 5.11 Å². The van der Waals surface area contributed by atoms with Crippen LogP contribution in [0.5, 0.6) is 0 Å². The molecule has 9 heavy (non-hydrogen) atoms. The number of allylic oxidation sites excluding steroid dienone is 1. The number of hydrogen-bond acceptors (Lipinski definition) is 1. The summed E-state index contributed by atoms with van der Waals surface area (Å²) in [5.41, 5.74) is 0. The fraction of sp³-hybridized carbons (Fsp3) is 0.667. The molecule has 2 unspecified atom stereocenters. The van der Waals surface area contributed by atoms with Gasteiger partial charge in [-0.3, -0.25) is 0 Å². The Labute approximate surface area is 61.7 Å². The van der Waals surface area contributed by atoms with Gasteiger partial charge in [-0.1, -0.05) is 22.0 Å². The Bertz CT molecular complexity index is 135. The Morgan fingerprint density at radius 1 is 1.78 bits per heavy atom. The molecular formula is C6H8BrFO. The first-order chi connectivity index (χ1) is 4.20. The minimum Gasteiger partial charge on any atom is -0.390 e. The SMILES string of the molecule is OC1CC=C(Br)CC1F. The maximum Gasteiger partial charge on any atom is 0.131 e. The quantitative estimate of drug-likeness (QED) is 0.624. The lowest BCUT2D eigenvalue weighted by atomic mass is 10.0. The van der Waals surface area contributed by atoms with E-state index >= 15 is 0 Å². The summed E-state index contributed by atoms with van der Waals surface area (Å²) in [5, 5.41) is 8.86. The smallest absolute Gasteiger partial charge is 0.131 e. The Kier molecular flexibility index (Phi) is 2.24. The van der Waals surface area contributed by atoms with E-state index in [4.69, 9.17) is 5.11 Å². The number of rotatable bonds is 0. The summed E-state index contributed by atoms with van der Waals surface area (Å²) >= 11 is 3.17. The van der Waals surface area contributed by atoms with Crippen LogP contribution in [0.4, 0.5) is 4.39 Å². The molecule has 0 fully saturated rings. The maximum absolute atomic E-state index is 12.5. The van der Waals surface area contributed by atoms with Gasteiger partial charge in [0.2, 0.25) is 0 Å². The van der Waals surface area contributed by atoms with Crippen molar-refractivity contribution < 1.29 is 9.50 Å².